The van der Waals surface area contributed by atoms with Crippen molar-refractivity contribution in [1.29, 1.82) is 0 Å². The van der Waals surface area contributed by atoms with Crippen molar-refractivity contribution < 1.29 is 31.2 Å². The van der Waals surface area contributed by atoms with Crippen LogP contribution in [-0.2, 0) is 20.8 Å². The molecule has 2 amide bonds. The number of nitrogens with zero attached hydrogens (tertiary/aromatic N) is 1. The van der Waals surface area contributed by atoms with Gasteiger partial charge in [0, 0.05) is 35.6 Å². The zero-order valence-electron chi connectivity index (χ0n) is 24.8. The molecule has 3 saturated carbocycles. The van der Waals surface area contributed by atoms with Gasteiger partial charge < -0.3 is 10.6 Å². The largest absolute Gasteiger partial charge is 0.416 e. The van der Waals surface area contributed by atoms with Crippen LogP contribution in [0.3, 0.4) is 0 Å². The molecular weight excluding hydrogens is 611 g/mol. The fourth-order valence-electron chi connectivity index (χ4n) is 6.10. The number of carbonyl (C=O) groups is 2. The van der Waals surface area contributed by atoms with E-state index in [0.29, 0.717) is 24.7 Å². The monoisotopic (exact) mass is 651 g/mol. The predicted octanol–water partition coefficient (Wildman–Crippen LogP) is 5.41. The van der Waals surface area contributed by atoms with Crippen molar-refractivity contribution in [3.8, 4) is 0 Å². The number of carbonyl (C=O) groups excluding carboxylic acids is 2. The summed E-state index contributed by atoms with van der Waals surface area (Å²) in [6, 6.07) is 10.7. The van der Waals surface area contributed by atoms with Gasteiger partial charge in [-0.25, -0.2) is 8.42 Å². The van der Waals surface area contributed by atoms with Crippen LogP contribution >= 0.6 is 11.8 Å². The highest BCUT2D eigenvalue weighted by Gasteiger charge is 2.40. The molecule has 3 fully saturated rings. The van der Waals surface area contributed by atoms with E-state index in [1.54, 1.807) is 24.3 Å². The molecule has 0 spiro atoms. The number of benzene rings is 2. The highest BCUT2D eigenvalue weighted by atomic mass is 32.2. The first-order chi connectivity index (χ1) is 20.9. The zero-order valence-corrected chi connectivity index (χ0v) is 26.4. The molecule has 3 aliphatic rings. The maximum absolute atomic E-state index is 13.6. The summed E-state index contributed by atoms with van der Waals surface area (Å²) in [5, 5.41) is 5.35. The smallest absolute Gasteiger partial charge is 0.352 e. The Balaban J connectivity index is 1.26. The van der Waals surface area contributed by atoms with Crippen LogP contribution < -0.4 is 10.6 Å². The Morgan fingerprint density at radius 2 is 1.61 bits per heavy atom. The van der Waals surface area contributed by atoms with E-state index in [2.05, 4.69) is 15.5 Å². The van der Waals surface area contributed by atoms with Crippen LogP contribution in [0.2, 0.25) is 0 Å². The lowest BCUT2D eigenvalue weighted by atomic mass is 9.81. The van der Waals surface area contributed by atoms with Gasteiger partial charge in [-0.15, -0.1) is 11.8 Å². The summed E-state index contributed by atoms with van der Waals surface area (Å²) in [5.74, 6) is -0.313. The number of sulfone groups is 1. The van der Waals surface area contributed by atoms with Crippen LogP contribution in [0.1, 0.15) is 60.9 Å². The Morgan fingerprint density at radius 1 is 0.955 bits per heavy atom. The van der Waals surface area contributed by atoms with Gasteiger partial charge in [0.2, 0.25) is 5.91 Å². The Hall–Kier alpha value is -2.57. The average molecular weight is 652 g/mol. The van der Waals surface area contributed by atoms with Crippen molar-refractivity contribution in [2.75, 3.05) is 31.6 Å². The third kappa shape index (κ3) is 9.00. The Labute approximate surface area is 261 Å². The summed E-state index contributed by atoms with van der Waals surface area (Å²) >= 11 is 1.53. The standard InChI is InChI=1S/C32H40F3N3O4S2/c1-43-27-10-12-28(13-11-27)44(41,42)20-24-16-26(38(18-21-5-6-21)19-22-7-8-22)9-14-29(24)37-30(39)17-36-31(40)23-3-2-4-25(15-23)32(33,34)35/h2-4,10-13,15,21-22,24,26,29H,5-9,14,16-20H2,1H3,(H,36,40)(H,37,39)/t24-,26+,29-/m0/s1. The summed E-state index contributed by atoms with van der Waals surface area (Å²) in [6.45, 7) is 1.64. The lowest BCUT2D eigenvalue weighted by Gasteiger charge is -2.42. The summed E-state index contributed by atoms with van der Waals surface area (Å²) < 4.78 is 66.4. The van der Waals surface area contributed by atoms with E-state index >= 15 is 0 Å². The normalized spacial score (nSPS) is 22.5. The maximum atomic E-state index is 13.6. The minimum atomic E-state index is -4.59. The minimum absolute atomic E-state index is 0.107. The van der Waals surface area contributed by atoms with Gasteiger partial charge in [-0.05, 0) is 111 Å². The van der Waals surface area contributed by atoms with E-state index in [0.717, 1.165) is 42.6 Å². The van der Waals surface area contributed by atoms with E-state index in [-0.39, 0.29) is 28.2 Å². The number of halogens is 3. The van der Waals surface area contributed by atoms with E-state index in [1.165, 1.54) is 43.5 Å². The first kappa shape index (κ1) is 32.8. The second-order valence-electron chi connectivity index (χ2n) is 12.5. The Morgan fingerprint density at radius 3 is 2.20 bits per heavy atom. The van der Waals surface area contributed by atoms with Crippen LogP contribution in [0.4, 0.5) is 13.2 Å². The van der Waals surface area contributed by atoms with Crippen molar-refractivity contribution in [1.82, 2.24) is 15.5 Å². The van der Waals surface area contributed by atoms with Gasteiger partial charge >= 0.3 is 6.18 Å². The molecule has 0 aliphatic heterocycles. The molecule has 0 saturated heterocycles. The summed E-state index contributed by atoms with van der Waals surface area (Å²) in [4.78, 5) is 29.3. The van der Waals surface area contributed by atoms with Crippen LogP contribution in [-0.4, -0.2) is 68.9 Å². The molecule has 2 N–H and O–H groups in total. The van der Waals surface area contributed by atoms with Crippen LogP contribution in [0.5, 0.6) is 0 Å². The van der Waals surface area contributed by atoms with Crippen molar-refractivity contribution in [2.24, 2.45) is 17.8 Å². The first-order valence-electron chi connectivity index (χ1n) is 15.3. The molecular formula is C32H40F3N3O4S2. The topological polar surface area (TPSA) is 95.6 Å². The molecule has 3 atom stereocenters. The highest BCUT2D eigenvalue weighted by molar-refractivity contribution is 7.98. The van der Waals surface area contributed by atoms with Crippen LogP contribution in [0, 0.1) is 17.8 Å². The van der Waals surface area contributed by atoms with Gasteiger partial charge in [-0.2, -0.15) is 13.2 Å². The van der Waals surface area contributed by atoms with E-state index in [9.17, 15) is 31.2 Å². The molecule has 2 aromatic rings. The summed E-state index contributed by atoms with van der Waals surface area (Å²) in [5.41, 5.74) is -1.15. The summed E-state index contributed by atoms with van der Waals surface area (Å²) in [7, 11) is -3.64. The molecule has 240 valence electrons. The number of thioether (sulfide) groups is 1. The molecule has 0 aromatic heterocycles. The molecule has 7 nitrogen and oxygen atoms in total. The molecule has 0 unspecified atom stereocenters. The Bertz CT molecular complexity index is 1410. The number of hydrogen-bond donors (Lipinski definition) is 2. The van der Waals surface area contributed by atoms with Crippen molar-refractivity contribution in [3.05, 3.63) is 59.7 Å². The van der Waals surface area contributed by atoms with E-state index in [1.807, 2.05) is 6.26 Å². The van der Waals surface area contributed by atoms with Gasteiger partial charge in [0.25, 0.3) is 5.91 Å². The summed E-state index contributed by atoms with van der Waals surface area (Å²) in [6.07, 6.45) is 4.37. The first-order valence-corrected chi connectivity index (χ1v) is 18.1. The number of alkyl halides is 3. The minimum Gasteiger partial charge on any atom is -0.352 e. The van der Waals surface area contributed by atoms with Crippen molar-refractivity contribution >= 4 is 33.4 Å². The van der Waals surface area contributed by atoms with Gasteiger partial charge in [0.1, 0.15) is 0 Å². The van der Waals surface area contributed by atoms with Crippen LogP contribution in [0.25, 0.3) is 0 Å². The van der Waals surface area contributed by atoms with Gasteiger partial charge in [0.05, 0.1) is 22.8 Å². The van der Waals surface area contributed by atoms with Crippen LogP contribution in [0.15, 0.2) is 58.3 Å². The molecule has 0 heterocycles. The van der Waals surface area contributed by atoms with Crippen molar-refractivity contribution in [2.45, 2.75) is 73.0 Å². The second-order valence-corrected chi connectivity index (χ2v) is 15.4. The zero-order chi connectivity index (χ0) is 31.5. The Kier molecular flexibility index (Phi) is 10.3. The highest BCUT2D eigenvalue weighted by Crippen LogP contribution is 2.38. The SMILES string of the molecule is CSc1ccc(S(=O)(=O)C[C@@H]2C[C@H](N(CC3CC3)CC3CC3)CC[C@@H]2NC(=O)CNC(=O)c2cccc(C(F)(F)F)c2)cc1. The van der Waals surface area contributed by atoms with E-state index in [4.69, 9.17) is 0 Å². The number of hydrogen-bond acceptors (Lipinski definition) is 6. The maximum Gasteiger partial charge on any atom is 0.416 e. The molecule has 12 heteroatoms. The molecule has 0 bridgehead atoms. The lowest BCUT2D eigenvalue weighted by Crippen LogP contribution is -2.52. The molecule has 3 aliphatic carbocycles. The molecule has 5 rings (SSSR count). The number of amides is 2. The van der Waals surface area contributed by atoms with Gasteiger partial charge in [-0.3, -0.25) is 14.5 Å². The predicted molar refractivity (Wildman–Crippen MR) is 164 cm³/mol. The molecule has 0 radical (unpaired) electrons. The number of nitrogens with one attached hydrogen (secondary N) is 2. The fourth-order valence-corrected chi connectivity index (χ4v) is 8.18. The van der Waals surface area contributed by atoms with Gasteiger partial charge in [0.15, 0.2) is 9.84 Å². The van der Waals surface area contributed by atoms with Gasteiger partial charge in [-0.1, -0.05) is 6.07 Å². The fraction of sp³-hybridized carbons (Fsp3) is 0.562. The molecule has 2 aromatic carbocycles. The average Bonchev–Trinajstić information content (AvgIpc) is 3.93. The lowest BCUT2D eigenvalue weighted by molar-refractivity contribution is -0.137. The molecule has 44 heavy (non-hydrogen) atoms. The van der Waals surface area contributed by atoms with E-state index < -0.39 is 46.0 Å². The second kappa shape index (κ2) is 13.8. The third-order valence-electron chi connectivity index (χ3n) is 8.91. The number of rotatable bonds is 13. The third-order valence-corrected chi connectivity index (χ3v) is 11.5. The quantitative estimate of drug-likeness (QED) is 0.282. The van der Waals surface area contributed by atoms with Crippen molar-refractivity contribution in [3.63, 3.8) is 0 Å².